The van der Waals surface area contributed by atoms with Crippen LogP contribution in [-0.4, -0.2) is 66.2 Å². The molecule has 2 heterocycles. The minimum absolute atomic E-state index is 0.0209. The number of sulfonamides is 1. The summed E-state index contributed by atoms with van der Waals surface area (Å²) in [4.78, 5) is 38.3. The highest BCUT2D eigenvalue weighted by atomic mass is 32.2. The predicted molar refractivity (Wildman–Crippen MR) is 120 cm³/mol. The maximum absolute atomic E-state index is 13.1. The molecule has 0 unspecified atom stereocenters. The molecular weight excluding hydrogens is 448 g/mol. The minimum atomic E-state index is -3.83. The number of nitrogens with zero attached hydrogens (tertiary/aromatic N) is 3. The van der Waals surface area contributed by atoms with Gasteiger partial charge in [0, 0.05) is 44.9 Å². The second-order valence-electron chi connectivity index (χ2n) is 7.85. The molecule has 2 amide bonds. The zero-order valence-corrected chi connectivity index (χ0v) is 19.0. The van der Waals surface area contributed by atoms with E-state index in [2.05, 4.69) is 5.32 Å². The standard InChI is InChI=1S/C22H24N4O6S/c1-15(23-20(27)16-6-4-3-5-7-16)21(28)25-10-12-26(13-11-25)33(30,31)17-8-9-18-19(14-17)32-22(29)24(18)2/h3-9,14-15H,10-13H2,1-2H3,(H,23,27)/t15-/m1/s1. The Morgan fingerprint density at radius 3 is 2.36 bits per heavy atom. The van der Waals surface area contributed by atoms with Crippen LogP contribution in [0, 0.1) is 0 Å². The third kappa shape index (κ3) is 4.41. The highest BCUT2D eigenvalue weighted by Crippen LogP contribution is 2.22. The number of aromatic nitrogens is 1. The zero-order chi connectivity index (χ0) is 23.8. The lowest BCUT2D eigenvalue weighted by Crippen LogP contribution is -2.55. The van der Waals surface area contributed by atoms with E-state index in [9.17, 15) is 22.8 Å². The van der Waals surface area contributed by atoms with Gasteiger partial charge in [-0.15, -0.1) is 0 Å². The number of hydrogen-bond acceptors (Lipinski definition) is 6. The van der Waals surface area contributed by atoms with E-state index in [1.54, 1.807) is 49.2 Å². The first-order valence-electron chi connectivity index (χ1n) is 10.4. The van der Waals surface area contributed by atoms with Gasteiger partial charge in [0.25, 0.3) is 5.91 Å². The number of aryl methyl sites for hydroxylation is 1. The smallest absolute Gasteiger partial charge is 0.408 e. The van der Waals surface area contributed by atoms with Gasteiger partial charge >= 0.3 is 5.76 Å². The summed E-state index contributed by atoms with van der Waals surface area (Å²) in [5, 5.41) is 2.68. The molecule has 174 valence electrons. The zero-order valence-electron chi connectivity index (χ0n) is 18.2. The number of hydrogen-bond donors (Lipinski definition) is 1. The van der Waals surface area contributed by atoms with Crippen LogP contribution in [0.2, 0.25) is 0 Å². The van der Waals surface area contributed by atoms with E-state index >= 15 is 0 Å². The molecule has 3 aromatic rings. The van der Waals surface area contributed by atoms with Gasteiger partial charge in [-0.05, 0) is 31.2 Å². The lowest BCUT2D eigenvalue weighted by molar-refractivity contribution is -0.134. The molecule has 33 heavy (non-hydrogen) atoms. The van der Waals surface area contributed by atoms with Gasteiger partial charge < -0.3 is 14.6 Å². The number of benzene rings is 2. The maximum Gasteiger partial charge on any atom is 0.419 e. The van der Waals surface area contributed by atoms with Gasteiger partial charge in [-0.25, -0.2) is 13.2 Å². The van der Waals surface area contributed by atoms with Crippen molar-refractivity contribution in [1.82, 2.24) is 19.1 Å². The fraction of sp³-hybridized carbons (Fsp3) is 0.318. The third-order valence-electron chi connectivity index (χ3n) is 5.71. The molecule has 0 saturated carbocycles. The summed E-state index contributed by atoms with van der Waals surface area (Å²) < 4.78 is 33.8. The molecule has 0 radical (unpaired) electrons. The summed E-state index contributed by atoms with van der Waals surface area (Å²) >= 11 is 0. The molecule has 1 N–H and O–H groups in total. The van der Waals surface area contributed by atoms with E-state index in [1.807, 2.05) is 0 Å². The molecule has 11 heteroatoms. The molecular formula is C22H24N4O6S. The first-order valence-corrected chi connectivity index (χ1v) is 11.9. The minimum Gasteiger partial charge on any atom is -0.408 e. The fourth-order valence-electron chi connectivity index (χ4n) is 3.78. The Morgan fingerprint density at radius 2 is 1.70 bits per heavy atom. The Kier molecular flexibility index (Phi) is 6.09. The topological polar surface area (TPSA) is 122 Å². The van der Waals surface area contributed by atoms with Crippen LogP contribution in [-0.2, 0) is 21.9 Å². The summed E-state index contributed by atoms with van der Waals surface area (Å²) in [6.45, 7) is 2.24. The fourth-order valence-corrected chi connectivity index (χ4v) is 5.22. The normalized spacial score (nSPS) is 16.0. The molecule has 0 aliphatic carbocycles. The van der Waals surface area contributed by atoms with Gasteiger partial charge in [-0.2, -0.15) is 4.31 Å². The van der Waals surface area contributed by atoms with Crippen LogP contribution in [0.15, 0.2) is 62.6 Å². The van der Waals surface area contributed by atoms with Gasteiger partial charge in [0.2, 0.25) is 15.9 Å². The number of nitrogens with one attached hydrogen (secondary N) is 1. The largest absolute Gasteiger partial charge is 0.419 e. The van der Waals surface area contributed by atoms with Crippen molar-refractivity contribution in [2.45, 2.75) is 17.9 Å². The Morgan fingerprint density at radius 1 is 1.03 bits per heavy atom. The van der Waals surface area contributed by atoms with E-state index in [-0.39, 0.29) is 48.5 Å². The number of rotatable bonds is 5. The van der Waals surface area contributed by atoms with Crippen LogP contribution in [0.25, 0.3) is 11.1 Å². The second-order valence-corrected chi connectivity index (χ2v) is 9.78. The summed E-state index contributed by atoms with van der Waals surface area (Å²) in [7, 11) is -2.28. The highest BCUT2D eigenvalue weighted by Gasteiger charge is 2.32. The van der Waals surface area contributed by atoms with E-state index in [4.69, 9.17) is 4.42 Å². The monoisotopic (exact) mass is 472 g/mol. The van der Waals surface area contributed by atoms with Crippen molar-refractivity contribution in [3.63, 3.8) is 0 Å². The molecule has 2 aromatic carbocycles. The Hall–Kier alpha value is -3.44. The Bertz CT molecular complexity index is 1350. The molecule has 1 atom stereocenters. The van der Waals surface area contributed by atoms with Crippen LogP contribution < -0.4 is 11.1 Å². The molecule has 0 spiro atoms. The third-order valence-corrected chi connectivity index (χ3v) is 7.60. The summed E-state index contributed by atoms with van der Waals surface area (Å²) in [6, 6.07) is 12.2. The van der Waals surface area contributed by atoms with Crippen molar-refractivity contribution < 1.29 is 22.4 Å². The number of carbonyl (C=O) groups is 2. The first-order chi connectivity index (χ1) is 15.7. The molecule has 1 saturated heterocycles. The van der Waals surface area contributed by atoms with E-state index < -0.39 is 21.8 Å². The average Bonchev–Trinajstić information content (AvgIpc) is 3.11. The average molecular weight is 473 g/mol. The van der Waals surface area contributed by atoms with Gasteiger partial charge in [-0.1, -0.05) is 18.2 Å². The summed E-state index contributed by atoms with van der Waals surface area (Å²) in [6.07, 6.45) is 0. The number of amides is 2. The van der Waals surface area contributed by atoms with E-state index in [0.717, 1.165) is 0 Å². The lowest BCUT2D eigenvalue weighted by atomic mass is 10.2. The molecule has 1 fully saturated rings. The van der Waals surface area contributed by atoms with Gasteiger partial charge in [0.1, 0.15) is 6.04 Å². The quantitative estimate of drug-likeness (QED) is 0.586. The van der Waals surface area contributed by atoms with Crippen molar-refractivity contribution in [1.29, 1.82) is 0 Å². The summed E-state index contributed by atoms with van der Waals surface area (Å²) in [5.41, 5.74) is 1.15. The predicted octanol–water partition coefficient (Wildman–Crippen LogP) is 0.783. The SMILES string of the molecule is C[C@@H](NC(=O)c1ccccc1)C(=O)N1CCN(S(=O)(=O)c2ccc3c(c2)oc(=O)n3C)CC1. The van der Waals surface area contributed by atoms with Crippen molar-refractivity contribution in [3.05, 3.63) is 64.6 Å². The Labute approximate surface area is 190 Å². The van der Waals surface area contributed by atoms with Gasteiger partial charge in [-0.3, -0.25) is 14.2 Å². The highest BCUT2D eigenvalue weighted by molar-refractivity contribution is 7.89. The Balaban J connectivity index is 1.40. The van der Waals surface area contributed by atoms with E-state index in [0.29, 0.717) is 11.1 Å². The number of oxazole rings is 1. The molecule has 1 aliphatic rings. The van der Waals surface area contributed by atoms with Crippen LogP contribution in [0.4, 0.5) is 0 Å². The number of fused-ring (bicyclic) bond motifs is 1. The first kappa shape index (κ1) is 22.7. The van der Waals surface area contributed by atoms with Gasteiger partial charge in [0.05, 0.1) is 10.4 Å². The van der Waals surface area contributed by atoms with E-state index in [1.165, 1.54) is 27.1 Å². The van der Waals surface area contributed by atoms with Crippen molar-refractivity contribution in [3.8, 4) is 0 Å². The number of piperazine rings is 1. The van der Waals surface area contributed by atoms with Crippen LogP contribution in [0.1, 0.15) is 17.3 Å². The maximum atomic E-state index is 13.1. The second kappa shape index (κ2) is 8.83. The van der Waals surface area contributed by atoms with Crippen molar-refractivity contribution in [2.75, 3.05) is 26.2 Å². The molecule has 1 aromatic heterocycles. The van der Waals surface area contributed by atoms with Crippen LogP contribution in [0.5, 0.6) is 0 Å². The molecule has 4 rings (SSSR count). The molecule has 1 aliphatic heterocycles. The van der Waals surface area contributed by atoms with Crippen LogP contribution >= 0.6 is 0 Å². The molecule has 0 bridgehead atoms. The van der Waals surface area contributed by atoms with Crippen molar-refractivity contribution in [2.24, 2.45) is 7.05 Å². The summed E-state index contributed by atoms with van der Waals surface area (Å²) in [5.74, 6) is -1.19. The molecule has 10 nitrogen and oxygen atoms in total. The van der Waals surface area contributed by atoms with Crippen LogP contribution in [0.3, 0.4) is 0 Å². The number of carbonyl (C=O) groups excluding carboxylic acids is 2. The van der Waals surface area contributed by atoms with Crippen molar-refractivity contribution >= 4 is 32.9 Å². The van der Waals surface area contributed by atoms with Gasteiger partial charge in [0.15, 0.2) is 5.58 Å². The lowest BCUT2D eigenvalue weighted by Gasteiger charge is -2.35.